The molecule has 2 unspecified atom stereocenters. The average molecular weight is 391 g/mol. The Morgan fingerprint density at radius 1 is 1.30 bits per heavy atom. The number of benzene rings is 1. The molecule has 2 aliphatic heterocycles. The zero-order chi connectivity index (χ0) is 18.9. The van der Waals surface area contributed by atoms with Gasteiger partial charge in [0.05, 0.1) is 6.54 Å². The lowest BCUT2D eigenvalue weighted by molar-refractivity contribution is -0.124. The monoisotopic (exact) mass is 390 g/mol. The molecule has 1 aromatic carbocycles. The number of ether oxygens (including phenoxy) is 1. The molecule has 0 spiro atoms. The van der Waals surface area contributed by atoms with Crippen LogP contribution >= 0.6 is 11.8 Å². The van der Waals surface area contributed by atoms with Crippen molar-refractivity contribution in [3.8, 4) is 0 Å². The van der Waals surface area contributed by atoms with Gasteiger partial charge in [-0.05, 0) is 56.1 Å². The van der Waals surface area contributed by atoms with E-state index in [2.05, 4.69) is 22.9 Å². The first kappa shape index (κ1) is 20.0. The molecule has 0 aliphatic carbocycles. The van der Waals surface area contributed by atoms with Gasteiger partial charge in [-0.15, -0.1) is 0 Å². The number of hydrogen-bond acceptors (Lipinski definition) is 4. The first-order chi connectivity index (χ1) is 13.2. The molecule has 0 saturated carbocycles. The summed E-state index contributed by atoms with van der Waals surface area (Å²) in [6.45, 7) is 5.10. The Hall–Kier alpha value is -1.73. The van der Waals surface area contributed by atoms with Crippen molar-refractivity contribution in [2.24, 2.45) is 4.99 Å². The zero-order valence-electron chi connectivity index (χ0n) is 16.0. The highest BCUT2D eigenvalue weighted by Gasteiger charge is 2.23. The van der Waals surface area contributed by atoms with Crippen LogP contribution in [0.15, 0.2) is 29.3 Å². The van der Waals surface area contributed by atoms with E-state index in [0.29, 0.717) is 18.4 Å². The Morgan fingerprint density at radius 3 is 2.96 bits per heavy atom. The van der Waals surface area contributed by atoms with Crippen molar-refractivity contribution in [1.29, 1.82) is 0 Å². The van der Waals surface area contributed by atoms with E-state index in [1.54, 1.807) is 0 Å². The van der Waals surface area contributed by atoms with Gasteiger partial charge in [-0.3, -0.25) is 4.79 Å². The number of nitrogens with zero attached hydrogens (tertiary/aromatic N) is 1. The Morgan fingerprint density at radius 2 is 2.22 bits per heavy atom. The molecule has 3 N–H and O–H groups in total. The molecular formula is C20H30N4O2S. The molecule has 2 saturated heterocycles. The summed E-state index contributed by atoms with van der Waals surface area (Å²) in [4.78, 5) is 16.9. The molecule has 1 amide bonds. The van der Waals surface area contributed by atoms with Crippen LogP contribution in [0.2, 0.25) is 0 Å². The van der Waals surface area contributed by atoms with Gasteiger partial charge in [0.1, 0.15) is 6.10 Å². The number of aliphatic imine (C=N–C) groups is 1. The van der Waals surface area contributed by atoms with Gasteiger partial charge in [0.25, 0.3) is 5.91 Å². The second kappa shape index (κ2) is 10.6. The number of rotatable bonds is 7. The highest BCUT2D eigenvalue weighted by atomic mass is 32.2. The molecule has 2 atom stereocenters. The number of amides is 1. The minimum atomic E-state index is -0.315. The molecule has 6 nitrogen and oxygen atoms in total. The molecular weight excluding hydrogens is 360 g/mol. The number of anilines is 1. The Kier molecular flexibility index (Phi) is 7.83. The van der Waals surface area contributed by atoms with E-state index >= 15 is 0 Å². The van der Waals surface area contributed by atoms with E-state index < -0.39 is 0 Å². The van der Waals surface area contributed by atoms with Gasteiger partial charge < -0.3 is 20.7 Å². The lowest BCUT2D eigenvalue weighted by atomic mass is 10.2. The third kappa shape index (κ3) is 6.43. The Labute approximate surface area is 165 Å². The quantitative estimate of drug-likeness (QED) is 0.493. The summed E-state index contributed by atoms with van der Waals surface area (Å²) >= 11 is 2.04. The van der Waals surface area contributed by atoms with E-state index in [9.17, 15) is 4.79 Å². The molecule has 3 rings (SSSR count). The molecule has 2 fully saturated rings. The normalized spacial score (nSPS) is 22.6. The summed E-state index contributed by atoms with van der Waals surface area (Å²) in [7, 11) is 0. The minimum Gasteiger partial charge on any atom is -0.368 e. The van der Waals surface area contributed by atoms with Crippen LogP contribution < -0.4 is 16.0 Å². The van der Waals surface area contributed by atoms with Crippen molar-refractivity contribution in [3.63, 3.8) is 0 Å². The van der Waals surface area contributed by atoms with E-state index in [0.717, 1.165) is 43.1 Å². The van der Waals surface area contributed by atoms with E-state index in [1.807, 2.05) is 36.0 Å². The van der Waals surface area contributed by atoms with Gasteiger partial charge in [0.15, 0.2) is 5.96 Å². The highest BCUT2D eigenvalue weighted by Crippen LogP contribution is 2.25. The fraction of sp³-hybridized carbons (Fsp3) is 0.600. The van der Waals surface area contributed by atoms with Crippen LogP contribution in [-0.4, -0.2) is 48.7 Å². The van der Waals surface area contributed by atoms with Gasteiger partial charge in [-0.1, -0.05) is 12.1 Å². The number of nitrogens with one attached hydrogen (secondary N) is 3. The highest BCUT2D eigenvalue weighted by molar-refractivity contribution is 8.00. The van der Waals surface area contributed by atoms with Gasteiger partial charge in [-0.25, -0.2) is 4.99 Å². The smallest absolute Gasteiger partial charge is 0.253 e. The molecule has 7 heteroatoms. The topological polar surface area (TPSA) is 74.8 Å². The first-order valence-corrected chi connectivity index (χ1v) is 10.9. The third-order valence-electron chi connectivity index (χ3n) is 4.70. The summed E-state index contributed by atoms with van der Waals surface area (Å²) in [6.07, 6.45) is 4.03. The van der Waals surface area contributed by atoms with E-state index in [1.165, 1.54) is 18.6 Å². The van der Waals surface area contributed by atoms with Crippen molar-refractivity contribution in [2.75, 3.05) is 30.8 Å². The van der Waals surface area contributed by atoms with Gasteiger partial charge in [-0.2, -0.15) is 11.8 Å². The van der Waals surface area contributed by atoms with Gasteiger partial charge in [0.2, 0.25) is 0 Å². The average Bonchev–Trinajstić information content (AvgIpc) is 3.38. The largest absolute Gasteiger partial charge is 0.368 e. The van der Waals surface area contributed by atoms with Crippen LogP contribution in [0.4, 0.5) is 5.69 Å². The summed E-state index contributed by atoms with van der Waals surface area (Å²) in [5.74, 6) is 2.06. The Bertz CT molecular complexity index is 641. The summed E-state index contributed by atoms with van der Waals surface area (Å²) < 4.78 is 5.44. The van der Waals surface area contributed by atoms with Gasteiger partial charge in [0, 0.05) is 30.6 Å². The van der Waals surface area contributed by atoms with Crippen LogP contribution in [0.1, 0.15) is 38.2 Å². The Balaban J connectivity index is 1.54. The number of thioether (sulfide) groups is 1. The molecule has 2 heterocycles. The first-order valence-electron chi connectivity index (χ1n) is 9.90. The van der Waals surface area contributed by atoms with Crippen LogP contribution in [0.25, 0.3) is 0 Å². The molecule has 0 bridgehead atoms. The number of guanidine groups is 1. The molecule has 1 aromatic rings. The fourth-order valence-corrected chi connectivity index (χ4v) is 4.48. The zero-order valence-corrected chi connectivity index (χ0v) is 16.8. The van der Waals surface area contributed by atoms with Gasteiger partial charge >= 0.3 is 0 Å². The van der Waals surface area contributed by atoms with Crippen LogP contribution in [-0.2, 0) is 16.1 Å². The summed E-state index contributed by atoms with van der Waals surface area (Å²) in [5.41, 5.74) is 1.86. The number of hydrogen-bond donors (Lipinski definition) is 3. The molecule has 0 radical (unpaired) electrons. The van der Waals surface area contributed by atoms with Crippen LogP contribution in [0, 0.1) is 0 Å². The maximum absolute atomic E-state index is 12.2. The standard InChI is InChI=1S/C20H30N4O2S/c1-2-21-20(23-14-17-8-5-11-27-17)22-13-15-6-3-7-16(12-15)24-19(25)18-9-4-10-26-18/h3,6-7,12,17-18H,2,4-5,8-11,13-14H2,1H3,(H,24,25)(H2,21,22,23). The van der Waals surface area contributed by atoms with Crippen LogP contribution in [0.5, 0.6) is 0 Å². The maximum Gasteiger partial charge on any atom is 0.253 e. The summed E-state index contributed by atoms with van der Waals surface area (Å²) in [6, 6.07) is 7.86. The summed E-state index contributed by atoms with van der Waals surface area (Å²) in [5, 5.41) is 10.4. The second-order valence-corrected chi connectivity index (χ2v) is 8.31. The lowest BCUT2D eigenvalue weighted by Crippen LogP contribution is -2.40. The predicted octanol–water partition coefficient (Wildman–Crippen LogP) is 2.75. The lowest BCUT2D eigenvalue weighted by Gasteiger charge is -2.14. The molecule has 148 valence electrons. The predicted molar refractivity (Wildman–Crippen MR) is 112 cm³/mol. The number of carbonyl (C=O) groups is 1. The third-order valence-corrected chi connectivity index (χ3v) is 6.10. The molecule has 27 heavy (non-hydrogen) atoms. The SMILES string of the molecule is CCNC(=NCc1cccc(NC(=O)C2CCCO2)c1)NCC1CCCS1. The van der Waals surface area contributed by atoms with Crippen molar-refractivity contribution < 1.29 is 9.53 Å². The van der Waals surface area contributed by atoms with Crippen molar-refractivity contribution >= 4 is 29.3 Å². The molecule has 2 aliphatic rings. The fourth-order valence-electron chi connectivity index (χ4n) is 3.28. The minimum absolute atomic E-state index is 0.0581. The van der Waals surface area contributed by atoms with E-state index in [-0.39, 0.29) is 12.0 Å². The second-order valence-electron chi connectivity index (χ2n) is 6.90. The van der Waals surface area contributed by atoms with Crippen molar-refractivity contribution in [1.82, 2.24) is 10.6 Å². The number of carbonyl (C=O) groups excluding carboxylic acids is 1. The van der Waals surface area contributed by atoms with Crippen molar-refractivity contribution in [2.45, 2.75) is 50.5 Å². The molecule has 0 aromatic heterocycles. The van der Waals surface area contributed by atoms with E-state index in [4.69, 9.17) is 9.73 Å². The maximum atomic E-state index is 12.2. The van der Waals surface area contributed by atoms with Crippen LogP contribution in [0.3, 0.4) is 0 Å². The van der Waals surface area contributed by atoms with Crippen molar-refractivity contribution in [3.05, 3.63) is 29.8 Å².